The van der Waals surface area contributed by atoms with E-state index in [1.165, 1.54) is 0 Å². The van der Waals surface area contributed by atoms with E-state index in [2.05, 4.69) is 0 Å². The third-order valence-electron chi connectivity index (χ3n) is 2.45. The van der Waals surface area contributed by atoms with Crippen LogP contribution in [0, 0.1) is 11.3 Å². The van der Waals surface area contributed by atoms with E-state index in [9.17, 15) is 19.8 Å². The van der Waals surface area contributed by atoms with Gasteiger partial charge in [-0.1, -0.05) is 20.3 Å². The van der Waals surface area contributed by atoms with Crippen LogP contribution in [0.2, 0.25) is 0 Å². The van der Waals surface area contributed by atoms with E-state index in [4.69, 9.17) is 0 Å². The number of carbonyl (C=O) groups is 2. The van der Waals surface area contributed by atoms with Crippen LogP contribution >= 0.6 is 0 Å². The maximum absolute atomic E-state index is 10.5. The minimum absolute atomic E-state index is 0. The molecule has 0 spiro atoms. The van der Waals surface area contributed by atoms with Crippen molar-refractivity contribution < 1.29 is 101 Å². The Hall–Kier alpha value is 1.58. The fraction of sp³-hybridized carbons (Fsp3) is 0.750. The van der Waals surface area contributed by atoms with Crippen molar-refractivity contribution in [2.45, 2.75) is 27.2 Å². The molecule has 14 heavy (non-hydrogen) atoms. The number of hydrogen-bond donors (Lipinski definition) is 0. The van der Waals surface area contributed by atoms with E-state index in [1.54, 1.807) is 13.8 Å². The predicted octanol–water partition coefficient (Wildman–Crippen LogP) is -7.45. The van der Waals surface area contributed by atoms with E-state index in [0.717, 1.165) is 6.92 Å². The van der Waals surface area contributed by atoms with Gasteiger partial charge in [-0.2, -0.15) is 0 Å². The Balaban J connectivity index is -0.000000605. The van der Waals surface area contributed by atoms with Crippen molar-refractivity contribution in [3.8, 4) is 0 Å². The third-order valence-corrected chi connectivity index (χ3v) is 2.45. The molecule has 0 N–H and O–H groups in total. The normalized spacial score (nSPS) is 11.9. The zero-order valence-corrected chi connectivity index (χ0v) is 14.5. The summed E-state index contributed by atoms with van der Waals surface area (Å²) in [7, 11) is 0. The van der Waals surface area contributed by atoms with Gasteiger partial charge >= 0.3 is 80.9 Å². The molecule has 0 aromatic heterocycles. The molecule has 0 aromatic carbocycles. The molecule has 0 heterocycles. The second-order valence-electron chi connectivity index (χ2n) is 3.09. The molecule has 0 amide bonds. The molecule has 0 bridgehead atoms. The third kappa shape index (κ3) is 4.61. The standard InChI is InChI=1S/C8H14O4.K.Na/c1-4-5(2)8(3,6(9)10)7(11)12;;/h5H,4H2,1-3H3,(H,9,10)(H,11,12);;/q;2*+1/p-2. The number of aliphatic carboxylic acids is 2. The Morgan fingerprint density at radius 2 is 1.57 bits per heavy atom. The van der Waals surface area contributed by atoms with Gasteiger partial charge in [0.25, 0.3) is 0 Å². The SMILES string of the molecule is CCC(C)C(C)(C(=O)[O-])C(=O)[O-].[K+].[Na+]. The molecule has 4 nitrogen and oxygen atoms in total. The van der Waals surface area contributed by atoms with E-state index in [1.807, 2.05) is 0 Å². The molecule has 1 unspecified atom stereocenters. The van der Waals surface area contributed by atoms with Crippen molar-refractivity contribution in [1.29, 1.82) is 0 Å². The van der Waals surface area contributed by atoms with Crippen molar-refractivity contribution in [1.82, 2.24) is 0 Å². The van der Waals surface area contributed by atoms with Gasteiger partial charge in [0, 0.05) is 5.41 Å². The van der Waals surface area contributed by atoms with Crippen molar-refractivity contribution >= 4 is 11.9 Å². The van der Waals surface area contributed by atoms with Crippen LogP contribution in [-0.4, -0.2) is 11.9 Å². The number of carbonyl (C=O) groups excluding carboxylic acids is 2. The van der Waals surface area contributed by atoms with Gasteiger partial charge in [-0.15, -0.1) is 0 Å². The predicted molar refractivity (Wildman–Crippen MR) is 37.6 cm³/mol. The summed E-state index contributed by atoms with van der Waals surface area (Å²) in [6.45, 7) is 4.38. The van der Waals surface area contributed by atoms with Gasteiger partial charge in [0.15, 0.2) is 0 Å². The second-order valence-corrected chi connectivity index (χ2v) is 3.09. The molecule has 0 saturated heterocycles. The van der Waals surface area contributed by atoms with E-state index >= 15 is 0 Å². The fourth-order valence-corrected chi connectivity index (χ4v) is 0.894. The Kier molecular flexibility index (Phi) is 13.0. The Morgan fingerprint density at radius 3 is 1.64 bits per heavy atom. The fourth-order valence-electron chi connectivity index (χ4n) is 0.894. The van der Waals surface area contributed by atoms with Crippen molar-refractivity contribution in [2.24, 2.45) is 11.3 Å². The first-order chi connectivity index (χ1) is 5.37. The van der Waals surface area contributed by atoms with Crippen LogP contribution in [0.3, 0.4) is 0 Å². The zero-order chi connectivity index (χ0) is 9.94. The Bertz CT molecular complexity index is 194. The van der Waals surface area contributed by atoms with E-state index in [-0.39, 0.29) is 80.9 Å². The molecule has 1 atom stereocenters. The van der Waals surface area contributed by atoms with Gasteiger partial charge in [0.05, 0.1) is 11.9 Å². The van der Waals surface area contributed by atoms with Gasteiger partial charge in [0.1, 0.15) is 0 Å². The largest absolute Gasteiger partial charge is 1.00 e. The molecule has 0 radical (unpaired) electrons. The van der Waals surface area contributed by atoms with Crippen LogP contribution in [0.25, 0.3) is 0 Å². The maximum atomic E-state index is 10.5. The minimum atomic E-state index is -1.88. The summed E-state index contributed by atoms with van der Waals surface area (Å²) in [6, 6.07) is 0. The number of rotatable bonds is 4. The topological polar surface area (TPSA) is 80.3 Å². The molecule has 0 rings (SSSR count). The van der Waals surface area contributed by atoms with E-state index < -0.39 is 23.3 Å². The monoisotopic (exact) mass is 234 g/mol. The molecule has 0 aliphatic heterocycles. The molecule has 0 aliphatic carbocycles. The van der Waals surface area contributed by atoms with Crippen molar-refractivity contribution in [3.63, 3.8) is 0 Å². The number of hydrogen-bond acceptors (Lipinski definition) is 4. The van der Waals surface area contributed by atoms with Crippen molar-refractivity contribution in [2.75, 3.05) is 0 Å². The first kappa shape index (κ1) is 20.9. The summed E-state index contributed by atoms with van der Waals surface area (Å²) in [4.78, 5) is 21.1. The second kappa shape index (κ2) is 8.70. The van der Waals surface area contributed by atoms with Crippen LogP contribution in [-0.2, 0) is 9.59 Å². The molecular weight excluding hydrogens is 222 g/mol. The smallest absolute Gasteiger partial charge is 0.549 e. The first-order valence-electron chi connectivity index (χ1n) is 3.80. The number of carboxylic acids is 2. The molecule has 6 heteroatoms. The van der Waals surface area contributed by atoms with Crippen LogP contribution in [0.4, 0.5) is 0 Å². The quantitative estimate of drug-likeness (QED) is 0.357. The summed E-state index contributed by atoms with van der Waals surface area (Å²) < 4.78 is 0. The molecule has 0 fully saturated rings. The van der Waals surface area contributed by atoms with Gasteiger partial charge in [-0.3, -0.25) is 0 Å². The van der Waals surface area contributed by atoms with Gasteiger partial charge in [0.2, 0.25) is 0 Å². The Labute approximate surface area is 149 Å². The molecule has 0 aromatic rings. The summed E-state index contributed by atoms with van der Waals surface area (Å²) in [6.07, 6.45) is 0.457. The zero-order valence-electron chi connectivity index (χ0n) is 9.42. The minimum Gasteiger partial charge on any atom is -0.549 e. The maximum Gasteiger partial charge on any atom is 1.00 e. The molecule has 0 aliphatic rings. The summed E-state index contributed by atoms with van der Waals surface area (Å²) in [5, 5.41) is 21.1. The van der Waals surface area contributed by atoms with Gasteiger partial charge in [-0.25, -0.2) is 0 Å². The average molecular weight is 234 g/mol. The number of carboxylic acid groups (broad SMARTS) is 2. The Morgan fingerprint density at radius 1 is 1.29 bits per heavy atom. The van der Waals surface area contributed by atoms with Crippen LogP contribution in [0.1, 0.15) is 27.2 Å². The van der Waals surface area contributed by atoms with Crippen LogP contribution in [0.15, 0.2) is 0 Å². The summed E-state index contributed by atoms with van der Waals surface area (Å²) in [5.74, 6) is -3.67. The van der Waals surface area contributed by atoms with Crippen LogP contribution < -0.4 is 91.2 Å². The molecular formula is C8H12KNaO4. The average Bonchev–Trinajstić information content (AvgIpc) is 2.00. The molecule has 70 valence electrons. The van der Waals surface area contributed by atoms with Crippen LogP contribution in [0.5, 0.6) is 0 Å². The summed E-state index contributed by atoms with van der Waals surface area (Å²) >= 11 is 0. The first-order valence-corrected chi connectivity index (χ1v) is 3.80. The molecule has 0 saturated carbocycles. The summed E-state index contributed by atoms with van der Waals surface area (Å²) in [5.41, 5.74) is -1.88. The van der Waals surface area contributed by atoms with E-state index in [0.29, 0.717) is 6.42 Å². The van der Waals surface area contributed by atoms with Gasteiger partial charge < -0.3 is 19.8 Å². The van der Waals surface area contributed by atoms with Gasteiger partial charge in [-0.05, 0) is 12.8 Å². The van der Waals surface area contributed by atoms with Crippen molar-refractivity contribution in [3.05, 3.63) is 0 Å².